The first-order valence-electron chi connectivity index (χ1n) is 6.47. The first-order chi connectivity index (χ1) is 9.58. The molecule has 20 heavy (non-hydrogen) atoms. The van der Waals surface area contributed by atoms with Gasteiger partial charge in [-0.05, 0) is 38.6 Å². The van der Waals surface area contributed by atoms with Crippen LogP contribution >= 0.6 is 0 Å². The van der Waals surface area contributed by atoms with Crippen molar-refractivity contribution in [2.45, 2.75) is 26.9 Å². The average Bonchev–Trinajstić information content (AvgIpc) is 2.43. The van der Waals surface area contributed by atoms with Gasteiger partial charge in [0.15, 0.2) is 0 Å². The smallest absolute Gasteiger partial charge is 0.274 e. The lowest BCUT2D eigenvalue weighted by atomic mass is 10.2. The van der Waals surface area contributed by atoms with Crippen LogP contribution in [0, 0.1) is 6.92 Å². The maximum atomic E-state index is 5.92. The number of aliphatic imine (C=N–C) groups is 1. The molecule has 103 valence electrons. The maximum absolute atomic E-state index is 5.92. The van der Waals surface area contributed by atoms with Crippen LogP contribution in [0.3, 0.4) is 0 Å². The molecule has 0 bridgehead atoms. The molecule has 0 atom stereocenters. The lowest BCUT2D eigenvalue weighted by molar-refractivity contribution is 0.581. The summed E-state index contributed by atoms with van der Waals surface area (Å²) in [4.78, 5) is 13.0. The molecule has 0 unspecified atom stereocenters. The number of hydrogen-bond acceptors (Lipinski definition) is 4. The zero-order valence-electron chi connectivity index (χ0n) is 12.2. The van der Waals surface area contributed by atoms with E-state index in [1.54, 1.807) is 18.6 Å². The molecule has 0 amide bonds. The van der Waals surface area contributed by atoms with Gasteiger partial charge in [0.05, 0.1) is 11.9 Å². The van der Waals surface area contributed by atoms with Gasteiger partial charge in [-0.15, -0.1) is 0 Å². The third kappa shape index (κ3) is 3.51. The van der Waals surface area contributed by atoms with Crippen molar-refractivity contribution in [3.8, 4) is 5.75 Å². The summed E-state index contributed by atoms with van der Waals surface area (Å²) in [5.74, 6) is 0.840. The Bertz CT molecular complexity index is 612. The summed E-state index contributed by atoms with van der Waals surface area (Å²) in [6.45, 7) is 8.18. The third-order valence-electron chi connectivity index (χ3n) is 2.73. The molecule has 0 N–H and O–H groups in total. The Labute approximate surface area is 121 Å². The summed E-state index contributed by atoms with van der Waals surface area (Å²) in [7, 11) is -0.822. The van der Waals surface area contributed by atoms with Crippen LogP contribution in [0.15, 0.2) is 41.8 Å². The van der Waals surface area contributed by atoms with Gasteiger partial charge in [-0.3, -0.25) is 9.97 Å². The summed E-state index contributed by atoms with van der Waals surface area (Å²) >= 11 is 0. The monoisotopic (exact) mass is 284 g/mol. The normalized spacial score (nSPS) is 11.8. The van der Waals surface area contributed by atoms with Gasteiger partial charge in [0.25, 0.3) is 9.04 Å². The van der Waals surface area contributed by atoms with Crippen LogP contribution in [0.4, 0.5) is 5.69 Å². The quantitative estimate of drug-likeness (QED) is 0.637. The second kappa shape index (κ2) is 6.43. The molecule has 4 nitrogen and oxygen atoms in total. The van der Waals surface area contributed by atoms with Crippen molar-refractivity contribution in [1.82, 2.24) is 9.97 Å². The zero-order chi connectivity index (χ0) is 14.5. The molecular formula is C15H18N3OSi. The van der Waals surface area contributed by atoms with Crippen LogP contribution in [0.2, 0.25) is 13.1 Å². The molecule has 0 saturated heterocycles. The number of para-hydroxylation sites is 1. The fourth-order valence-corrected chi connectivity index (χ4v) is 2.39. The van der Waals surface area contributed by atoms with Gasteiger partial charge in [-0.2, -0.15) is 0 Å². The van der Waals surface area contributed by atoms with E-state index in [1.807, 2.05) is 32.0 Å². The molecule has 0 spiro atoms. The highest BCUT2D eigenvalue weighted by atomic mass is 28.3. The van der Waals surface area contributed by atoms with E-state index >= 15 is 0 Å². The maximum Gasteiger partial charge on any atom is 0.274 e. The van der Waals surface area contributed by atoms with Crippen molar-refractivity contribution in [2.24, 2.45) is 4.99 Å². The highest BCUT2D eigenvalue weighted by Crippen LogP contribution is 2.32. The fourth-order valence-electron chi connectivity index (χ4n) is 1.79. The minimum Gasteiger partial charge on any atom is -0.541 e. The molecule has 2 rings (SSSR count). The van der Waals surface area contributed by atoms with Crippen LogP contribution in [-0.2, 0) is 0 Å². The van der Waals surface area contributed by atoms with Crippen LogP contribution in [-0.4, -0.2) is 24.7 Å². The number of aromatic nitrogens is 2. The molecule has 0 aliphatic heterocycles. The van der Waals surface area contributed by atoms with E-state index in [4.69, 9.17) is 4.43 Å². The minimum atomic E-state index is -0.822. The molecule has 1 radical (unpaired) electrons. The summed E-state index contributed by atoms with van der Waals surface area (Å²) in [6, 6.07) is 5.99. The lowest BCUT2D eigenvalue weighted by Gasteiger charge is -2.13. The van der Waals surface area contributed by atoms with Gasteiger partial charge in [0, 0.05) is 12.4 Å². The molecule has 0 aliphatic rings. The number of nitrogens with zero attached hydrogens (tertiary/aromatic N) is 3. The highest BCUT2D eigenvalue weighted by molar-refractivity contribution is 6.49. The van der Waals surface area contributed by atoms with Crippen LogP contribution in [0.1, 0.15) is 18.2 Å². The predicted octanol–water partition coefficient (Wildman–Crippen LogP) is 3.56. The molecule has 0 saturated carbocycles. The second-order valence-corrected chi connectivity index (χ2v) is 6.74. The second-order valence-electron chi connectivity index (χ2n) is 4.72. The molecule has 1 aromatic heterocycles. The summed E-state index contributed by atoms with van der Waals surface area (Å²) in [5.41, 5.74) is 3.58. The molecule has 5 heteroatoms. The highest BCUT2D eigenvalue weighted by Gasteiger charge is 2.10. The molecular weight excluding hydrogens is 266 g/mol. The Hall–Kier alpha value is -2.01. The van der Waals surface area contributed by atoms with E-state index in [9.17, 15) is 0 Å². The summed E-state index contributed by atoms with van der Waals surface area (Å²) in [6.07, 6.45) is 5.04. The standard InChI is InChI=1S/C15H18N3OSi/c1-11-6-5-7-14(19-20(3)4)15(11)18-12(2)13-10-16-8-9-17-13/h5-10H,1-4H3. The predicted molar refractivity (Wildman–Crippen MR) is 83.2 cm³/mol. The van der Waals surface area contributed by atoms with Gasteiger partial charge in [-0.1, -0.05) is 12.1 Å². The molecule has 0 fully saturated rings. The Morgan fingerprint density at radius 3 is 2.70 bits per heavy atom. The SMILES string of the molecule is CC(=Nc1c(C)cccc1O[Si](C)C)c1cnccn1. The van der Waals surface area contributed by atoms with E-state index in [1.165, 1.54) is 0 Å². The summed E-state index contributed by atoms with van der Waals surface area (Å²) in [5, 5.41) is 0. The Morgan fingerprint density at radius 2 is 2.05 bits per heavy atom. The Kier molecular flexibility index (Phi) is 4.63. The molecule has 1 aromatic carbocycles. The van der Waals surface area contributed by atoms with Gasteiger partial charge < -0.3 is 4.43 Å². The Balaban J connectivity index is 2.42. The van der Waals surface area contributed by atoms with E-state index in [2.05, 4.69) is 28.1 Å². The fraction of sp³-hybridized carbons (Fsp3) is 0.267. The molecule has 0 aliphatic carbocycles. The topological polar surface area (TPSA) is 47.4 Å². The first-order valence-corrected chi connectivity index (χ1v) is 8.88. The van der Waals surface area contributed by atoms with Crippen molar-refractivity contribution >= 4 is 20.4 Å². The van der Waals surface area contributed by atoms with Crippen molar-refractivity contribution in [3.05, 3.63) is 48.0 Å². The third-order valence-corrected chi connectivity index (χ3v) is 3.36. The van der Waals surface area contributed by atoms with Crippen molar-refractivity contribution in [3.63, 3.8) is 0 Å². The number of aryl methyl sites for hydroxylation is 1. The van der Waals surface area contributed by atoms with Crippen LogP contribution in [0.25, 0.3) is 0 Å². The molecule has 1 heterocycles. The first kappa shape index (κ1) is 14.4. The zero-order valence-corrected chi connectivity index (χ0v) is 13.2. The number of hydrogen-bond donors (Lipinski definition) is 0. The van der Waals surface area contributed by atoms with Crippen molar-refractivity contribution < 1.29 is 4.43 Å². The van der Waals surface area contributed by atoms with Crippen molar-refractivity contribution in [2.75, 3.05) is 0 Å². The van der Waals surface area contributed by atoms with Gasteiger partial charge >= 0.3 is 0 Å². The van der Waals surface area contributed by atoms with Crippen LogP contribution < -0.4 is 4.43 Å². The summed E-state index contributed by atoms with van der Waals surface area (Å²) < 4.78 is 5.92. The average molecular weight is 284 g/mol. The number of benzene rings is 1. The van der Waals surface area contributed by atoms with Gasteiger partial charge in [-0.25, -0.2) is 4.99 Å². The molecule has 2 aromatic rings. The van der Waals surface area contributed by atoms with E-state index in [0.717, 1.165) is 28.4 Å². The number of rotatable bonds is 4. The van der Waals surface area contributed by atoms with Gasteiger partial charge in [0.2, 0.25) is 0 Å². The van der Waals surface area contributed by atoms with Gasteiger partial charge in [0.1, 0.15) is 17.1 Å². The largest absolute Gasteiger partial charge is 0.541 e. The minimum absolute atomic E-state index is 0.778. The van der Waals surface area contributed by atoms with E-state index in [-0.39, 0.29) is 0 Å². The van der Waals surface area contributed by atoms with E-state index in [0.29, 0.717) is 0 Å². The van der Waals surface area contributed by atoms with Crippen LogP contribution in [0.5, 0.6) is 5.75 Å². The lowest BCUT2D eigenvalue weighted by Crippen LogP contribution is -2.11. The Morgan fingerprint density at radius 1 is 1.25 bits per heavy atom. The van der Waals surface area contributed by atoms with Crippen molar-refractivity contribution in [1.29, 1.82) is 0 Å². The van der Waals surface area contributed by atoms with E-state index < -0.39 is 9.04 Å².